The quantitative estimate of drug-likeness (QED) is 0.620. The van der Waals surface area contributed by atoms with E-state index in [2.05, 4.69) is 11.7 Å². The molecule has 8 heteroatoms. The SMILES string of the molecule is C=C(OCC)c1ccc2c(N(C(=O)OC(C)(C)C)C(=O)OC(C)(C)C)noc2c1. The van der Waals surface area contributed by atoms with E-state index < -0.39 is 23.4 Å². The molecule has 2 aromatic rings. The third kappa shape index (κ3) is 5.73. The Labute approximate surface area is 170 Å². The van der Waals surface area contributed by atoms with Gasteiger partial charge in [-0.2, -0.15) is 4.90 Å². The van der Waals surface area contributed by atoms with Crippen molar-refractivity contribution in [1.29, 1.82) is 0 Å². The van der Waals surface area contributed by atoms with Crippen LogP contribution in [0.3, 0.4) is 0 Å². The number of imide groups is 1. The summed E-state index contributed by atoms with van der Waals surface area (Å²) in [6, 6.07) is 5.08. The van der Waals surface area contributed by atoms with Gasteiger partial charge in [-0.25, -0.2) is 9.59 Å². The Hall–Kier alpha value is -3.03. The van der Waals surface area contributed by atoms with E-state index >= 15 is 0 Å². The van der Waals surface area contributed by atoms with E-state index in [1.165, 1.54) is 0 Å². The number of anilines is 1. The largest absolute Gasteiger partial charge is 0.494 e. The number of hydrogen-bond acceptors (Lipinski definition) is 7. The van der Waals surface area contributed by atoms with Gasteiger partial charge in [0, 0.05) is 5.56 Å². The van der Waals surface area contributed by atoms with Gasteiger partial charge in [-0.05, 0) is 60.6 Å². The Bertz CT molecular complexity index is 889. The number of rotatable bonds is 4. The van der Waals surface area contributed by atoms with Crippen LogP contribution >= 0.6 is 0 Å². The van der Waals surface area contributed by atoms with E-state index in [4.69, 9.17) is 18.7 Å². The molecule has 0 atom stereocenters. The van der Waals surface area contributed by atoms with E-state index in [9.17, 15) is 9.59 Å². The Morgan fingerprint density at radius 1 is 1.07 bits per heavy atom. The molecule has 8 nitrogen and oxygen atoms in total. The van der Waals surface area contributed by atoms with Crippen molar-refractivity contribution >= 4 is 34.7 Å². The molecule has 1 aromatic heterocycles. The number of fused-ring (bicyclic) bond motifs is 1. The van der Waals surface area contributed by atoms with Crippen molar-refractivity contribution in [3.05, 3.63) is 30.3 Å². The molecule has 2 amide bonds. The van der Waals surface area contributed by atoms with Gasteiger partial charge in [0.05, 0.1) is 12.0 Å². The Balaban J connectivity index is 2.49. The van der Waals surface area contributed by atoms with Gasteiger partial charge in [0.25, 0.3) is 0 Å². The molecule has 0 bridgehead atoms. The average molecular weight is 404 g/mol. The fourth-order valence-corrected chi connectivity index (χ4v) is 2.38. The zero-order valence-corrected chi connectivity index (χ0v) is 18.0. The molecule has 0 aliphatic heterocycles. The van der Waals surface area contributed by atoms with Gasteiger partial charge >= 0.3 is 12.2 Å². The normalized spacial score (nSPS) is 11.8. The van der Waals surface area contributed by atoms with Crippen LogP contribution in [0.25, 0.3) is 16.7 Å². The smallest absolute Gasteiger partial charge is 0.425 e. The maximum atomic E-state index is 12.8. The zero-order valence-electron chi connectivity index (χ0n) is 18.0. The number of ether oxygens (including phenoxy) is 3. The second kappa shape index (κ2) is 8.14. The first-order chi connectivity index (χ1) is 13.3. The number of carbonyl (C=O) groups excluding carboxylic acids is 2. The molecule has 0 aliphatic carbocycles. The topological polar surface area (TPSA) is 91.1 Å². The second-order valence-corrected chi connectivity index (χ2v) is 8.37. The van der Waals surface area contributed by atoms with E-state index in [1.54, 1.807) is 59.7 Å². The highest BCUT2D eigenvalue weighted by Crippen LogP contribution is 2.31. The van der Waals surface area contributed by atoms with E-state index in [0.717, 1.165) is 4.90 Å². The summed E-state index contributed by atoms with van der Waals surface area (Å²) in [5.74, 6) is 0.459. The average Bonchev–Trinajstić information content (AvgIpc) is 2.95. The Morgan fingerprint density at radius 2 is 1.62 bits per heavy atom. The monoisotopic (exact) mass is 404 g/mol. The van der Waals surface area contributed by atoms with Crippen molar-refractivity contribution in [3.63, 3.8) is 0 Å². The minimum absolute atomic E-state index is 0.0166. The van der Waals surface area contributed by atoms with Gasteiger partial charge in [-0.1, -0.05) is 17.8 Å². The lowest BCUT2D eigenvalue weighted by Gasteiger charge is -2.27. The molecule has 1 aromatic carbocycles. The van der Waals surface area contributed by atoms with E-state index in [0.29, 0.717) is 28.9 Å². The molecule has 0 unspecified atom stereocenters. The highest BCUT2D eigenvalue weighted by atomic mass is 16.6. The van der Waals surface area contributed by atoms with Crippen LogP contribution in [0.15, 0.2) is 29.3 Å². The molecule has 0 radical (unpaired) electrons. The van der Waals surface area contributed by atoms with Crippen LogP contribution in [-0.4, -0.2) is 35.2 Å². The maximum Gasteiger partial charge on any atom is 0.425 e. The molecule has 0 saturated heterocycles. The predicted molar refractivity (Wildman–Crippen MR) is 110 cm³/mol. The molecule has 0 spiro atoms. The van der Waals surface area contributed by atoms with Crippen LogP contribution in [0.5, 0.6) is 0 Å². The van der Waals surface area contributed by atoms with Crippen molar-refractivity contribution in [2.75, 3.05) is 11.5 Å². The number of nitrogens with zero attached hydrogens (tertiary/aromatic N) is 2. The second-order valence-electron chi connectivity index (χ2n) is 8.37. The summed E-state index contributed by atoms with van der Waals surface area (Å²) in [6.45, 7) is 16.4. The molecule has 0 saturated carbocycles. The molecule has 158 valence electrons. The van der Waals surface area contributed by atoms with Crippen molar-refractivity contribution in [3.8, 4) is 0 Å². The summed E-state index contributed by atoms with van der Waals surface area (Å²) < 4.78 is 21.5. The van der Waals surface area contributed by atoms with Gasteiger partial charge in [0.2, 0.25) is 0 Å². The van der Waals surface area contributed by atoms with Crippen LogP contribution in [0, 0.1) is 0 Å². The summed E-state index contributed by atoms with van der Waals surface area (Å²) in [4.78, 5) is 26.3. The molecule has 1 heterocycles. The molecule has 0 fully saturated rings. The molecule has 0 N–H and O–H groups in total. The standard InChI is InChI=1S/C21H28N2O6/c1-9-26-13(2)14-10-11-15-16(12-14)29-22-17(15)23(18(24)27-20(3,4)5)19(25)28-21(6,7)8/h10-12H,2,9H2,1,3-8H3. The molecule has 29 heavy (non-hydrogen) atoms. The van der Waals surface area contributed by atoms with Crippen LogP contribution < -0.4 is 4.90 Å². The van der Waals surface area contributed by atoms with Crippen molar-refractivity contribution in [1.82, 2.24) is 5.16 Å². The van der Waals surface area contributed by atoms with Crippen LogP contribution in [-0.2, 0) is 14.2 Å². The minimum atomic E-state index is -0.912. The van der Waals surface area contributed by atoms with E-state index in [1.807, 2.05) is 6.92 Å². The highest BCUT2D eigenvalue weighted by molar-refractivity contribution is 6.13. The summed E-state index contributed by atoms with van der Waals surface area (Å²) in [5, 5.41) is 4.36. The van der Waals surface area contributed by atoms with Gasteiger partial charge < -0.3 is 18.7 Å². The highest BCUT2D eigenvalue weighted by Gasteiger charge is 2.35. The van der Waals surface area contributed by atoms with Crippen molar-refractivity contribution in [2.24, 2.45) is 0 Å². The van der Waals surface area contributed by atoms with Crippen molar-refractivity contribution in [2.45, 2.75) is 59.7 Å². The van der Waals surface area contributed by atoms with E-state index in [-0.39, 0.29) is 5.82 Å². The third-order valence-corrected chi connectivity index (χ3v) is 3.46. The summed E-state index contributed by atoms with van der Waals surface area (Å²) >= 11 is 0. The third-order valence-electron chi connectivity index (χ3n) is 3.46. The molecule has 2 rings (SSSR count). The van der Waals surface area contributed by atoms with Gasteiger partial charge in [0.15, 0.2) is 11.4 Å². The first-order valence-electron chi connectivity index (χ1n) is 9.30. The van der Waals surface area contributed by atoms with Crippen molar-refractivity contribution < 1.29 is 28.3 Å². The lowest BCUT2D eigenvalue weighted by molar-refractivity contribution is 0.0428. The number of amides is 2. The molecular formula is C21H28N2O6. The number of benzene rings is 1. The number of aromatic nitrogens is 1. The first kappa shape index (κ1) is 22.3. The summed E-state index contributed by atoms with van der Waals surface area (Å²) in [6.07, 6.45) is -1.82. The van der Waals surface area contributed by atoms with Crippen LogP contribution in [0.1, 0.15) is 54.0 Å². The lowest BCUT2D eigenvalue weighted by atomic mass is 10.1. The van der Waals surface area contributed by atoms with Crippen LogP contribution in [0.4, 0.5) is 15.4 Å². The van der Waals surface area contributed by atoms with Crippen LogP contribution in [0.2, 0.25) is 0 Å². The fraction of sp³-hybridized carbons (Fsp3) is 0.476. The maximum absolute atomic E-state index is 12.8. The summed E-state index contributed by atoms with van der Waals surface area (Å²) in [5.41, 5.74) is -0.586. The van der Waals surface area contributed by atoms with Gasteiger partial charge in [0.1, 0.15) is 17.0 Å². The number of carbonyl (C=O) groups is 2. The Morgan fingerprint density at radius 3 is 2.10 bits per heavy atom. The fourth-order valence-electron chi connectivity index (χ4n) is 2.38. The minimum Gasteiger partial charge on any atom is -0.494 e. The zero-order chi connectivity index (χ0) is 22.0. The first-order valence-corrected chi connectivity index (χ1v) is 9.30. The summed E-state index contributed by atoms with van der Waals surface area (Å²) in [7, 11) is 0. The van der Waals surface area contributed by atoms with Gasteiger partial charge in [-0.15, -0.1) is 0 Å². The number of hydrogen-bond donors (Lipinski definition) is 0. The molecule has 0 aliphatic rings. The van der Waals surface area contributed by atoms with Gasteiger partial charge in [-0.3, -0.25) is 0 Å². The predicted octanol–water partition coefficient (Wildman–Crippen LogP) is 5.51. The molecular weight excluding hydrogens is 376 g/mol. The lowest BCUT2D eigenvalue weighted by Crippen LogP contribution is -2.44. The Kier molecular flexibility index (Phi) is 6.25.